The van der Waals surface area contributed by atoms with Gasteiger partial charge in [-0.05, 0) is 18.1 Å². The summed E-state index contributed by atoms with van der Waals surface area (Å²) < 4.78 is 10.3. The van der Waals surface area contributed by atoms with Crippen LogP contribution in [0.1, 0.15) is 18.9 Å². The minimum atomic E-state index is -1.55. The van der Waals surface area contributed by atoms with Crippen LogP contribution in [-0.2, 0) is 6.42 Å². The lowest BCUT2D eigenvalue weighted by molar-refractivity contribution is 0.353. The maximum Gasteiger partial charge on any atom is 0.492 e. The first-order chi connectivity index (χ1) is 7.63. The van der Waals surface area contributed by atoms with Crippen LogP contribution in [-0.4, -0.2) is 31.4 Å². The van der Waals surface area contributed by atoms with Crippen LogP contribution in [0.3, 0.4) is 0 Å². The third kappa shape index (κ3) is 2.68. The number of hydrogen-bond donors (Lipinski definition) is 2. The van der Waals surface area contributed by atoms with Crippen molar-refractivity contribution in [2.45, 2.75) is 19.8 Å². The van der Waals surface area contributed by atoms with Crippen LogP contribution in [0.25, 0.3) is 0 Å². The standard InChI is InChI=1S/C11H17BO4/c1-4-5-8-6-9(12(13)14)11(16-3)10(7-8)15-2/h6-7,13-14H,4-5H2,1-3H3. The van der Waals surface area contributed by atoms with Gasteiger partial charge in [0.25, 0.3) is 0 Å². The van der Waals surface area contributed by atoms with E-state index in [0.717, 1.165) is 18.4 Å². The minimum absolute atomic E-state index is 0.338. The van der Waals surface area contributed by atoms with Crippen LogP contribution < -0.4 is 14.9 Å². The van der Waals surface area contributed by atoms with Crippen LogP contribution in [0.4, 0.5) is 0 Å². The number of aryl methyl sites for hydroxylation is 1. The lowest BCUT2D eigenvalue weighted by Crippen LogP contribution is -2.32. The molecule has 0 amide bonds. The molecule has 0 bridgehead atoms. The fourth-order valence-corrected chi connectivity index (χ4v) is 1.68. The Bertz CT molecular complexity index is 352. The highest BCUT2D eigenvalue weighted by atomic mass is 16.5. The van der Waals surface area contributed by atoms with Crippen LogP contribution >= 0.6 is 0 Å². The van der Waals surface area contributed by atoms with E-state index in [2.05, 4.69) is 6.92 Å². The molecule has 16 heavy (non-hydrogen) atoms. The number of benzene rings is 1. The molecule has 0 unspecified atom stereocenters. The van der Waals surface area contributed by atoms with Gasteiger partial charge >= 0.3 is 7.12 Å². The Morgan fingerprint density at radius 3 is 2.31 bits per heavy atom. The summed E-state index contributed by atoms with van der Waals surface area (Å²) in [5, 5.41) is 18.5. The molecule has 4 nitrogen and oxygen atoms in total. The Kier molecular flexibility index (Phi) is 4.64. The molecule has 0 aliphatic rings. The molecule has 0 atom stereocenters. The SMILES string of the molecule is CCCc1cc(OC)c(OC)c(B(O)O)c1. The molecule has 1 aromatic rings. The summed E-state index contributed by atoms with van der Waals surface area (Å²) in [6.45, 7) is 2.06. The highest BCUT2D eigenvalue weighted by Gasteiger charge is 2.21. The molecule has 0 heterocycles. The van der Waals surface area contributed by atoms with Gasteiger partial charge in [0.2, 0.25) is 0 Å². The normalized spacial score (nSPS) is 10.1. The first kappa shape index (κ1) is 12.9. The third-order valence-electron chi connectivity index (χ3n) is 2.38. The molecule has 0 saturated carbocycles. The molecule has 0 saturated heterocycles. The topological polar surface area (TPSA) is 58.9 Å². The fraction of sp³-hybridized carbons (Fsp3) is 0.455. The van der Waals surface area contributed by atoms with Crippen LogP contribution in [0.15, 0.2) is 12.1 Å². The molecule has 5 heteroatoms. The zero-order valence-corrected chi connectivity index (χ0v) is 9.86. The van der Waals surface area contributed by atoms with E-state index in [9.17, 15) is 10.0 Å². The quantitative estimate of drug-likeness (QED) is 0.708. The predicted molar refractivity (Wildman–Crippen MR) is 63.4 cm³/mol. The van der Waals surface area contributed by atoms with Crippen LogP contribution in [0.5, 0.6) is 11.5 Å². The third-order valence-corrected chi connectivity index (χ3v) is 2.38. The average Bonchev–Trinajstić information content (AvgIpc) is 2.28. The van der Waals surface area contributed by atoms with Gasteiger partial charge in [0.15, 0.2) is 11.5 Å². The summed E-state index contributed by atoms with van der Waals surface area (Å²) in [4.78, 5) is 0. The molecule has 2 N–H and O–H groups in total. The van der Waals surface area contributed by atoms with Crippen molar-refractivity contribution in [3.8, 4) is 11.5 Å². The summed E-state index contributed by atoms with van der Waals surface area (Å²) in [5.74, 6) is 0.897. The van der Waals surface area contributed by atoms with Crippen molar-refractivity contribution in [2.75, 3.05) is 14.2 Å². The molecule has 88 valence electrons. The average molecular weight is 224 g/mol. The van der Waals surface area contributed by atoms with E-state index >= 15 is 0 Å². The Balaban J connectivity index is 3.25. The Labute approximate surface area is 96.0 Å². The molecular formula is C11H17BO4. The second-order valence-electron chi connectivity index (χ2n) is 3.54. The van der Waals surface area contributed by atoms with Crippen molar-refractivity contribution < 1.29 is 19.5 Å². The molecular weight excluding hydrogens is 207 g/mol. The maximum atomic E-state index is 9.27. The maximum absolute atomic E-state index is 9.27. The second kappa shape index (κ2) is 5.77. The highest BCUT2D eigenvalue weighted by Crippen LogP contribution is 2.26. The van der Waals surface area contributed by atoms with Gasteiger partial charge in [-0.25, -0.2) is 0 Å². The van der Waals surface area contributed by atoms with Crippen molar-refractivity contribution in [1.29, 1.82) is 0 Å². The highest BCUT2D eigenvalue weighted by molar-refractivity contribution is 6.60. The zero-order valence-electron chi connectivity index (χ0n) is 9.86. The van der Waals surface area contributed by atoms with Gasteiger partial charge in [-0.1, -0.05) is 19.4 Å². The zero-order chi connectivity index (χ0) is 12.1. The monoisotopic (exact) mass is 224 g/mol. The van der Waals surface area contributed by atoms with Crippen molar-refractivity contribution in [1.82, 2.24) is 0 Å². The van der Waals surface area contributed by atoms with Crippen LogP contribution in [0.2, 0.25) is 0 Å². The van der Waals surface area contributed by atoms with E-state index in [4.69, 9.17) is 9.47 Å². The molecule has 0 aromatic heterocycles. The number of ether oxygens (including phenoxy) is 2. The summed E-state index contributed by atoms with van der Waals surface area (Å²) in [6, 6.07) is 3.59. The van der Waals surface area contributed by atoms with E-state index in [1.807, 2.05) is 6.07 Å². The van der Waals surface area contributed by atoms with Crippen molar-refractivity contribution in [3.63, 3.8) is 0 Å². The summed E-state index contributed by atoms with van der Waals surface area (Å²) in [6.07, 6.45) is 1.84. The Hall–Kier alpha value is -1.20. The summed E-state index contributed by atoms with van der Waals surface area (Å²) in [7, 11) is 1.45. The lowest BCUT2D eigenvalue weighted by atomic mass is 9.78. The fourth-order valence-electron chi connectivity index (χ4n) is 1.68. The molecule has 1 aromatic carbocycles. The molecule has 0 aliphatic heterocycles. The van der Waals surface area contributed by atoms with Gasteiger partial charge in [0.05, 0.1) is 14.2 Å². The van der Waals surface area contributed by atoms with Gasteiger partial charge in [-0.15, -0.1) is 0 Å². The number of hydrogen-bond acceptors (Lipinski definition) is 4. The summed E-state index contributed by atoms with van der Waals surface area (Å²) >= 11 is 0. The van der Waals surface area contributed by atoms with Crippen LogP contribution in [0, 0.1) is 0 Å². The minimum Gasteiger partial charge on any atom is -0.493 e. The van der Waals surface area contributed by atoms with E-state index in [1.165, 1.54) is 14.2 Å². The predicted octanol–water partition coefficient (Wildman–Crippen LogP) is 0.336. The summed E-state index contributed by atoms with van der Waals surface area (Å²) in [5.41, 5.74) is 1.34. The first-order valence-electron chi connectivity index (χ1n) is 5.25. The molecule has 0 aliphatic carbocycles. The smallest absolute Gasteiger partial charge is 0.492 e. The molecule has 0 fully saturated rings. The lowest BCUT2D eigenvalue weighted by Gasteiger charge is -2.14. The van der Waals surface area contributed by atoms with E-state index in [0.29, 0.717) is 17.0 Å². The van der Waals surface area contributed by atoms with Gasteiger partial charge in [0.1, 0.15) is 0 Å². The van der Waals surface area contributed by atoms with Crippen molar-refractivity contribution in [3.05, 3.63) is 17.7 Å². The first-order valence-corrected chi connectivity index (χ1v) is 5.25. The van der Waals surface area contributed by atoms with Gasteiger partial charge in [-0.2, -0.15) is 0 Å². The number of rotatable bonds is 5. The van der Waals surface area contributed by atoms with E-state index in [1.54, 1.807) is 6.07 Å². The van der Waals surface area contributed by atoms with E-state index < -0.39 is 7.12 Å². The Morgan fingerprint density at radius 2 is 1.88 bits per heavy atom. The van der Waals surface area contributed by atoms with Crippen molar-refractivity contribution in [2.24, 2.45) is 0 Å². The Morgan fingerprint density at radius 1 is 1.19 bits per heavy atom. The second-order valence-corrected chi connectivity index (χ2v) is 3.54. The molecule has 0 spiro atoms. The number of methoxy groups -OCH3 is 2. The van der Waals surface area contributed by atoms with E-state index in [-0.39, 0.29) is 0 Å². The molecule has 1 rings (SSSR count). The van der Waals surface area contributed by atoms with Gasteiger partial charge < -0.3 is 19.5 Å². The largest absolute Gasteiger partial charge is 0.493 e. The van der Waals surface area contributed by atoms with Gasteiger partial charge in [-0.3, -0.25) is 0 Å². The van der Waals surface area contributed by atoms with Gasteiger partial charge in [0, 0.05) is 5.46 Å². The van der Waals surface area contributed by atoms with Crippen molar-refractivity contribution >= 4 is 12.6 Å². The molecule has 0 radical (unpaired) electrons.